The summed E-state index contributed by atoms with van der Waals surface area (Å²) in [6.45, 7) is 5.61. The van der Waals surface area contributed by atoms with E-state index in [1.807, 2.05) is 53.0 Å². The van der Waals surface area contributed by atoms with Crippen molar-refractivity contribution in [3.05, 3.63) is 88.2 Å². The molecule has 35 heavy (non-hydrogen) atoms. The van der Waals surface area contributed by atoms with Gasteiger partial charge < -0.3 is 14.8 Å². The highest BCUT2D eigenvalue weighted by atomic mass is 32.1. The van der Waals surface area contributed by atoms with Gasteiger partial charge in [-0.1, -0.05) is 29.8 Å². The molecule has 3 heterocycles. The monoisotopic (exact) mass is 489 g/mol. The number of thiophene rings is 1. The van der Waals surface area contributed by atoms with Gasteiger partial charge in [0.1, 0.15) is 11.5 Å². The number of carbonyl (C=O) groups excluding carboxylic acids is 2. The number of benzene rings is 2. The first-order chi connectivity index (χ1) is 16.9. The minimum absolute atomic E-state index is 0.0178. The number of carbonyl (C=O) groups is 2. The number of hydrogen-bond donors (Lipinski definition) is 1. The van der Waals surface area contributed by atoms with Crippen molar-refractivity contribution in [3.63, 3.8) is 0 Å². The van der Waals surface area contributed by atoms with E-state index in [4.69, 9.17) is 0 Å². The van der Waals surface area contributed by atoms with Crippen molar-refractivity contribution >= 4 is 39.1 Å². The van der Waals surface area contributed by atoms with E-state index >= 15 is 0 Å². The molecule has 7 heteroatoms. The topological polar surface area (TPSA) is 54.3 Å². The van der Waals surface area contributed by atoms with Gasteiger partial charge in [0.25, 0.3) is 5.91 Å². The molecule has 5 rings (SSSR count). The Morgan fingerprint density at radius 1 is 1.03 bits per heavy atom. The van der Waals surface area contributed by atoms with Crippen molar-refractivity contribution in [3.8, 4) is 0 Å². The number of likely N-dealkylation sites (tertiary alicyclic amines) is 1. The van der Waals surface area contributed by atoms with Crippen LogP contribution < -0.4 is 5.32 Å². The van der Waals surface area contributed by atoms with E-state index in [0.29, 0.717) is 38.2 Å². The Balaban J connectivity index is 1.28. The van der Waals surface area contributed by atoms with E-state index in [1.54, 1.807) is 23.5 Å². The Morgan fingerprint density at radius 2 is 1.77 bits per heavy atom. The molecule has 1 aliphatic heterocycles. The van der Waals surface area contributed by atoms with Gasteiger partial charge in [-0.15, -0.1) is 11.3 Å². The molecule has 0 spiro atoms. The van der Waals surface area contributed by atoms with Crippen LogP contribution in [0.1, 0.15) is 40.0 Å². The highest BCUT2D eigenvalue weighted by Crippen LogP contribution is 2.29. The van der Waals surface area contributed by atoms with Crippen molar-refractivity contribution in [1.82, 2.24) is 9.47 Å². The number of nitrogens with zero attached hydrogens (tertiary/aromatic N) is 2. The van der Waals surface area contributed by atoms with Crippen LogP contribution in [-0.2, 0) is 11.3 Å². The number of piperidine rings is 1. The van der Waals surface area contributed by atoms with Crippen molar-refractivity contribution in [1.29, 1.82) is 0 Å². The molecule has 0 radical (unpaired) electrons. The molecular weight excluding hydrogens is 461 g/mol. The summed E-state index contributed by atoms with van der Waals surface area (Å²) in [4.78, 5) is 28.2. The SMILES string of the molecule is Cc1ccc(NC(=O)C2CCN(C(=O)c3cc4sccc4n3Cc3ccc(F)cc3)CC2)c(C)c1. The molecule has 0 unspecified atom stereocenters. The minimum Gasteiger partial charge on any atom is -0.337 e. The van der Waals surface area contributed by atoms with E-state index in [0.717, 1.165) is 32.6 Å². The van der Waals surface area contributed by atoms with Gasteiger partial charge in [0.2, 0.25) is 5.91 Å². The highest BCUT2D eigenvalue weighted by Gasteiger charge is 2.30. The van der Waals surface area contributed by atoms with Gasteiger partial charge in [0, 0.05) is 31.2 Å². The maximum Gasteiger partial charge on any atom is 0.270 e. The fourth-order valence-corrected chi connectivity index (χ4v) is 5.61. The van der Waals surface area contributed by atoms with E-state index < -0.39 is 0 Å². The average molecular weight is 490 g/mol. The Hall–Kier alpha value is -3.45. The van der Waals surface area contributed by atoms with Gasteiger partial charge >= 0.3 is 0 Å². The second-order valence-corrected chi connectivity index (χ2v) is 10.2. The third-order valence-corrected chi connectivity index (χ3v) is 7.64. The summed E-state index contributed by atoms with van der Waals surface area (Å²) in [6, 6.07) is 16.4. The van der Waals surface area contributed by atoms with E-state index in [-0.39, 0.29) is 23.5 Å². The van der Waals surface area contributed by atoms with Crippen LogP contribution in [0, 0.1) is 25.6 Å². The zero-order valence-electron chi connectivity index (χ0n) is 19.9. The summed E-state index contributed by atoms with van der Waals surface area (Å²) in [5, 5.41) is 5.08. The molecular formula is C28H28FN3O2S. The lowest BCUT2D eigenvalue weighted by atomic mass is 9.95. The van der Waals surface area contributed by atoms with Crippen LogP contribution in [0.5, 0.6) is 0 Å². The summed E-state index contributed by atoms with van der Waals surface area (Å²) in [5.74, 6) is -0.398. The minimum atomic E-state index is -0.275. The first kappa shape index (κ1) is 23.3. The Kier molecular flexibility index (Phi) is 6.43. The largest absolute Gasteiger partial charge is 0.337 e. The summed E-state index contributed by atoms with van der Waals surface area (Å²) >= 11 is 1.60. The average Bonchev–Trinajstić information content (AvgIpc) is 3.44. The van der Waals surface area contributed by atoms with Crippen LogP contribution in [0.3, 0.4) is 0 Å². The number of amides is 2. The number of halogens is 1. The standard InChI is InChI=1S/C28H28FN3O2S/c1-18-3-8-23(19(2)15-18)30-27(33)21-9-12-31(13-10-21)28(34)25-16-26-24(11-14-35-26)32(25)17-20-4-6-22(29)7-5-20/h3-8,11,14-16,21H,9-10,12-13,17H2,1-2H3,(H,30,33). The smallest absolute Gasteiger partial charge is 0.270 e. The number of fused-ring (bicyclic) bond motifs is 1. The fourth-order valence-electron chi connectivity index (χ4n) is 4.79. The first-order valence-electron chi connectivity index (χ1n) is 11.9. The summed E-state index contributed by atoms with van der Waals surface area (Å²) in [7, 11) is 0. The van der Waals surface area contributed by atoms with Crippen molar-refractivity contribution in [2.75, 3.05) is 18.4 Å². The third kappa shape index (κ3) is 4.86. The van der Waals surface area contributed by atoms with Crippen LogP contribution in [0.2, 0.25) is 0 Å². The van der Waals surface area contributed by atoms with E-state index in [1.165, 1.54) is 12.1 Å². The van der Waals surface area contributed by atoms with Crippen LogP contribution >= 0.6 is 11.3 Å². The Morgan fingerprint density at radius 3 is 2.49 bits per heavy atom. The van der Waals surface area contributed by atoms with Crippen molar-refractivity contribution in [2.45, 2.75) is 33.2 Å². The number of aromatic nitrogens is 1. The summed E-state index contributed by atoms with van der Waals surface area (Å²) < 4.78 is 16.4. The Bertz CT molecular complexity index is 1380. The summed E-state index contributed by atoms with van der Waals surface area (Å²) in [5.41, 5.74) is 5.63. The van der Waals surface area contributed by atoms with Crippen LogP contribution in [-0.4, -0.2) is 34.4 Å². The molecule has 0 atom stereocenters. The Labute approximate surface area is 208 Å². The number of anilines is 1. The number of nitrogens with one attached hydrogen (secondary N) is 1. The highest BCUT2D eigenvalue weighted by molar-refractivity contribution is 7.17. The predicted molar refractivity (Wildman–Crippen MR) is 138 cm³/mol. The number of aryl methyl sites for hydroxylation is 2. The summed E-state index contributed by atoms with van der Waals surface area (Å²) in [6.07, 6.45) is 1.27. The molecule has 0 bridgehead atoms. The second kappa shape index (κ2) is 9.66. The van der Waals surface area contributed by atoms with Gasteiger partial charge in [-0.3, -0.25) is 9.59 Å². The molecule has 1 saturated heterocycles. The maximum absolute atomic E-state index is 13.5. The molecule has 1 N–H and O–H groups in total. The predicted octanol–water partition coefficient (Wildman–Crippen LogP) is 6.00. The van der Waals surface area contributed by atoms with E-state index in [9.17, 15) is 14.0 Å². The molecule has 1 aliphatic rings. The van der Waals surface area contributed by atoms with Crippen LogP contribution in [0.15, 0.2) is 60.0 Å². The second-order valence-electron chi connectivity index (χ2n) is 9.29. The molecule has 5 nitrogen and oxygen atoms in total. The lowest BCUT2D eigenvalue weighted by molar-refractivity contribution is -0.121. The molecule has 2 aromatic heterocycles. The normalized spacial score (nSPS) is 14.4. The quantitative estimate of drug-likeness (QED) is 0.374. The zero-order valence-corrected chi connectivity index (χ0v) is 20.7. The molecule has 2 aromatic carbocycles. The molecule has 2 amide bonds. The maximum atomic E-state index is 13.5. The van der Waals surface area contributed by atoms with E-state index in [2.05, 4.69) is 11.4 Å². The molecule has 0 saturated carbocycles. The van der Waals surface area contributed by atoms with Gasteiger partial charge in [-0.2, -0.15) is 0 Å². The van der Waals surface area contributed by atoms with Gasteiger partial charge in [-0.25, -0.2) is 4.39 Å². The number of rotatable bonds is 5. The third-order valence-electron chi connectivity index (χ3n) is 6.79. The van der Waals surface area contributed by atoms with Crippen LogP contribution in [0.4, 0.5) is 10.1 Å². The van der Waals surface area contributed by atoms with Gasteiger partial charge in [-0.05, 0) is 73.5 Å². The van der Waals surface area contributed by atoms with Crippen molar-refractivity contribution < 1.29 is 14.0 Å². The van der Waals surface area contributed by atoms with Gasteiger partial charge in [0.05, 0.1) is 10.2 Å². The zero-order chi connectivity index (χ0) is 24.5. The van der Waals surface area contributed by atoms with Gasteiger partial charge in [0.15, 0.2) is 0 Å². The lowest BCUT2D eigenvalue weighted by Crippen LogP contribution is -2.42. The number of hydrogen-bond acceptors (Lipinski definition) is 3. The van der Waals surface area contributed by atoms with Crippen molar-refractivity contribution in [2.24, 2.45) is 5.92 Å². The van der Waals surface area contributed by atoms with Crippen LogP contribution in [0.25, 0.3) is 10.2 Å². The fraction of sp³-hybridized carbons (Fsp3) is 0.286. The molecule has 0 aliphatic carbocycles. The molecule has 1 fully saturated rings. The molecule has 180 valence electrons. The lowest BCUT2D eigenvalue weighted by Gasteiger charge is -2.31. The first-order valence-corrected chi connectivity index (χ1v) is 12.8. The molecule has 4 aromatic rings.